The molecule has 3 heterocycles. The molecule has 0 aromatic carbocycles. The maximum absolute atomic E-state index is 2.58. The van der Waals surface area contributed by atoms with E-state index in [0.29, 0.717) is 0 Å². The van der Waals surface area contributed by atoms with E-state index in [0.717, 1.165) is 0 Å². The third-order valence-electron chi connectivity index (χ3n) is 7.95. The quantitative estimate of drug-likeness (QED) is 0.102. The summed E-state index contributed by atoms with van der Waals surface area (Å²) in [5.41, 5.74) is 0. The molecule has 5 heteroatoms. The Balaban J connectivity index is 1.56. The van der Waals surface area contributed by atoms with Gasteiger partial charge in [0.15, 0.2) is 0 Å². The van der Waals surface area contributed by atoms with Gasteiger partial charge in [-0.15, -0.1) is 34.0 Å². The SMILES string of the molecule is CCCCCCCC[Si](C)(C)c1ccc(-c2ccc(-c3ccc([Si](C)(C)CCCCCCCC)s3)s2)s1. The molecule has 3 rings (SSSR count). The van der Waals surface area contributed by atoms with Crippen molar-refractivity contribution >= 4 is 59.2 Å². The first-order valence-electron chi connectivity index (χ1n) is 15.1. The third kappa shape index (κ3) is 9.59. The topological polar surface area (TPSA) is 0 Å². The van der Waals surface area contributed by atoms with Crippen LogP contribution in [0.25, 0.3) is 19.5 Å². The normalized spacial score (nSPS) is 12.5. The van der Waals surface area contributed by atoms with Crippen molar-refractivity contribution in [3.63, 3.8) is 0 Å². The zero-order chi connectivity index (χ0) is 26.7. The van der Waals surface area contributed by atoms with Crippen molar-refractivity contribution in [1.82, 2.24) is 0 Å². The van der Waals surface area contributed by atoms with Gasteiger partial charge < -0.3 is 0 Å². The van der Waals surface area contributed by atoms with Gasteiger partial charge in [-0.25, -0.2) is 0 Å². The molecule has 0 bridgehead atoms. The van der Waals surface area contributed by atoms with E-state index >= 15 is 0 Å². The van der Waals surface area contributed by atoms with Crippen LogP contribution in [0.15, 0.2) is 36.4 Å². The van der Waals surface area contributed by atoms with Gasteiger partial charge in [-0.2, -0.15) is 0 Å². The van der Waals surface area contributed by atoms with E-state index in [4.69, 9.17) is 0 Å². The average Bonchev–Trinajstić information content (AvgIpc) is 3.63. The van der Waals surface area contributed by atoms with Crippen molar-refractivity contribution in [1.29, 1.82) is 0 Å². The van der Waals surface area contributed by atoms with Gasteiger partial charge in [0.1, 0.15) is 0 Å². The number of thiophene rings is 3. The molecular weight excluding hydrogens is 537 g/mol. The predicted molar refractivity (Wildman–Crippen MR) is 182 cm³/mol. The van der Waals surface area contributed by atoms with E-state index < -0.39 is 16.1 Å². The van der Waals surface area contributed by atoms with Gasteiger partial charge in [0.2, 0.25) is 0 Å². The van der Waals surface area contributed by atoms with Crippen LogP contribution >= 0.6 is 34.0 Å². The van der Waals surface area contributed by atoms with Crippen molar-refractivity contribution in [3.05, 3.63) is 36.4 Å². The van der Waals surface area contributed by atoms with E-state index in [1.165, 1.54) is 109 Å². The highest BCUT2D eigenvalue weighted by Gasteiger charge is 2.26. The van der Waals surface area contributed by atoms with Crippen molar-refractivity contribution in [3.8, 4) is 19.5 Å². The van der Waals surface area contributed by atoms with Gasteiger partial charge in [-0.05, 0) is 33.3 Å². The second-order valence-electron chi connectivity index (χ2n) is 12.3. The molecule has 0 aliphatic heterocycles. The summed E-state index contributed by atoms with van der Waals surface area (Å²) >= 11 is 6.16. The van der Waals surface area contributed by atoms with Crippen molar-refractivity contribution in [2.45, 2.75) is 129 Å². The maximum Gasteiger partial charge on any atom is 0.0934 e. The minimum absolute atomic E-state index is 1.33. The van der Waals surface area contributed by atoms with Gasteiger partial charge in [0, 0.05) is 19.5 Å². The fourth-order valence-corrected chi connectivity index (χ4v) is 15.2. The Labute approximate surface area is 243 Å². The highest BCUT2D eigenvalue weighted by Crippen LogP contribution is 2.38. The first-order chi connectivity index (χ1) is 17.8. The second-order valence-corrected chi connectivity index (χ2v) is 25.9. The van der Waals surface area contributed by atoms with Gasteiger partial charge in [0.05, 0.1) is 16.1 Å². The molecule has 3 aromatic heterocycles. The smallest absolute Gasteiger partial charge is 0.0934 e. The molecule has 0 radical (unpaired) electrons. The zero-order valence-electron chi connectivity index (χ0n) is 24.6. The molecule has 0 aliphatic rings. The van der Waals surface area contributed by atoms with E-state index in [-0.39, 0.29) is 0 Å². The Morgan fingerprint density at radius 2 is 0.757 bits per heavy atom. The van der Waals surface area contributed by atoms with Crippen LogP contribution < -0.4 is 9.00 Å². The number of rotatable bonds is 18. The molecule has 0 atom stereocenters. The number of unbranched alkanes of at least 4 members (excludes halogenated alkanes) is 10. The summed E-state index contributed by atoms with van der Waals surface area (Å²) in [7, 11) is -2.65. The Morgan fingerprint density at radius 1 is 0.432 bits per heavy atom. The highest BCUT2D eigenvalue weighted by molar-refractivity contribution is 7.33. The first kappa shape index (κ1) is 31.1. The highest BCUT2D eigenvalue weighted by atomic mass is 32.1. The Morgan fingerprint density at radius 3 is 1.16 bits per heavy atom. The van der Waals surface area contributed by atoms with E-state index in [9.17, 15) is 0 Å². The summed E-state index contributed by atoms with van der Waals surface area (Å²) < 4.78 is 3.37. The van der Waals surface area contributed by atoms with Crippen LogP contribution in [0.4, 0.5) is 0 Å². The summed E-state index contributed by atoms with van der Waals surface area (Å²) in [6, 6.07) is 17.3. The minimum Gasteiger partial charge on any atom is -0.144 e. The summed E-state index contributed by atoms with van der Waals surface area (Å²) in [5, 5.41) is 0. The van der Waals surface area contributed by atoms with Gasteiger partial charge >= 0.3 is 0 Å². The Bertz CT molecular complexity index is 959. The molecule has 206 valence electrons. The molecule has 0 aliphatic carbocycles. The van der Waals surface area contributed by atoms with Crippen molar-refractivity contribution in [2.75, 3.05) is 0 Å². The lowest BCUT2D eigenvalue weighted by atomic mass is 10.1. The average molecular weight is 589 g/mol. The van der Waals surface area contributed by atoms with Crippen LogP contribution in [0.3, 0.4) is 0 Å². The molecule has 3 aromatic rings. The summed E-state index contributed by atoms with van der Waals surface area (Å²) in [4.78, 5) is 5.86. The largest absolute Gasteiger partial charge is 0.144 e. The summed E-state index contributed by atoms with van der Waals surface area (Å²) in [6.07, 6.45) is 16.9. The van der Waals surface area contributed by atoms with Crippen LogP contribution in [-0.4, -0.2) is 16.1 Å². The molecule has 0 unspecified atom stereocenters. The molecule has 0 spiro atoms. The molecule has 0 amide bonds. The molecule has 0 saturated heterocycles. The predicted octanol–water partition coefficient (Wildman–Crippen LogP) is 11.8. The van der Waals surface area contributed by atoms with Crippen LogP contribution in [-0.2, 0) is 0 Å². The maximum atomic E-state index is 2.58. The molecule has 0 saturated carbocycles. The van der Waals surface area contributed by atoms with Gasteiger partial charge in [-0.1, -0.05) is 141 Å². The fourth-order valence-electron chi connectivity index (χ4n) is 5.21. The van der Waals surface area contributed by atoms with E-state index in [2.05, 4.69) is 99.1 Å². The van der Waals surface area contributed by atoms with E-state index in [1.54, 1.807) is 9.00 Å². The number of hydrogen-bond acceptors (Lipinski definition) is 3. The Kier molecular flexibility index (Phi) is 12.9. The summed E-state index contributed by atoms with van der Waals surface area (Å²) in [6.45, 7) is 14.9. The third-order valence-corrected chi connectivity index (χ3v) is 21.4. The number of hydrogen-bond donors (Lipinski definition) is 0. The molecule has 0 N–H and O–H groups in total. The standard InChI is InChI=1S/C32H52S3Si2/c1-7-9-11-13-15-17-25-36(3,4)31-23-21-29(34-31)27-19-20-28(33-27)30-22-24-32(35-30)37(5,6)26-18-16-14-12-10-8-2/h19-24H,7-18,25-26H2,1-6H3. The van der Waals surface area contributed by atoms with E-state index in [1.807, 2.05) is 11.3 Å². The monoisotopic (exact) mass is 588 g/mol. The second kappa shape index (κ2) is 15.4. The lowest BCUT2D eigenvalue weighted by Gasteiger charge is -2.20. The zero-order valence-corrected chi connectivity index (χ0v) is 29.0. The molecule has 37 heavy (non-hydrogen) atoms. The summed E-state index contributed by atoms with van der Waals surface area (Å²) in [5.74, 6) is 0. The molecular formula is C32H52S3Si2. The molecule has 0 nitrogen and oxygen atoms in total. The first-order valence-corrected chi connectivity index (χ1v) is 23.9. The van der Waals surface area contributed by atoms with Crippen molar-refractivity contribution < 1.29 is 0 Å². The van der Waals surface area contributed by atoms with Crippen LogP contribution in [0.5, 0.6) is 0 Å². The molecule has 0 fully saturated rings. The fraction of sp³-hybridized carbons (Fsp3) is 0.625. The van der Waals surface area contributed by atoms with Crippen molar-refractivity contribution in [2.24, 2.45) is 0 Å². The van der Waals surface area contributed by atoms with Crippen LogP contribution in [0, 0.1) is 0 Å². The van der Waals surface area contributed by atoms with Crippen LogP contribution in [0.1, 0.15) is 90.9 Å². The van der Waals surface area contributed by atoms with Crippen LogP contribution in [0.2, 0.25) is 38.3 Å². The van der Waals surface area contributed by atoms with Gasteiger partial charge in [0.25, 0.3) is 0 Å². The Hall–Kier alpha value is -0.466. The lowest BCUT2D eigenvalue weighted by Crippen LogP contribution is -2.38. The minimum atomic E-state index is -1.33. The lowest BCUT2D eigenvalue weighted by molar-refractivity contribution is 0.623. The van der Waals surface area contributed by atoms with Gasteiger partial charge in [-0.3, -0.25) is 0 Å².